The molecule has 3 aromatic rings. The van der Waals surface area contributed by atoms with E-state index in [-0.39, 0.29) is 25.4 Å². The van der Waals surface area contributed by atoms with Crippen LogP contribution < -0.4 is 9.47 Å². The van der Waals surface area contributed by atoms with Crippen LogP contribution in [0.15, 0.2) is 66.9 Å². The minimum absolute atomic E-state index is 0.0933. The van der Waals surface area contributed by atoms with Crippen molar-refractivity contribution in [3.8, 4) is 11.5 Å². The molecule has 3 rings (SSSR count). The van der Waals surface area contributed by atoms with Gasteiger partial charge in [0.1, 0.15) is 23.9 Å². The topological polar surface area (TPSA) is 78.0 Å². The van der Waals surface area contributed by atoms with Gasteiger partial charge in [-0.25, -0.2) is 9.18 Å². The zero-order valence-corrected chi connectivity index (χ0v) is 19.9. The summed E-state index contributed by atoms with van der Waals surface area (Å²) in [7, 11) is 0. The van der Waals surface area contributed by atoms with Crippen LogP contribution in [0, 0.1) is 5.82 Å². The lowest BCUT2D eigenvalue weighted by Crippen LogP contribution is -2.38. The number of halogens is 1. The van der Waals surface area contributed by atoms with Crippen molar-refractivity contribution in [1.82, 2.24) is 9.88 Å². The molecule has 0 aliphatic carbocycles. The van der Waals surface area contributed by atoms with E-state index >= 15 is 0 Å². The van der Waals surface area contributed by atoms with E-state index in [1.54, 1.807) is 13.0 Å². The minimum Gasteiger partial charge on any atom is -0.493 e. The predicted molar refractivity (Wildman–Crippen MR) is 129 cm³/mol. The molecule has 0 fully saturated rings. The molecule has 8 heteroatoms. The number of amides is 1. The first-order valence-electron chi connectivity index (χ1n) is 11.5. The van der Waals surface area contributed by atoms with Gasteiger partial charge >= 0.3 is 12.1 Å². The van der Waals surface area contributed by atoms with Gasteiger partial charge < -0.3 is 14.2 Å². The fraction of sp³-hybridized carbons (Fsp3) is 0.296. The Labute approximate surface area is 204 Å². The summed E-state index contributed by atoms with van der Waals surface area (Å²) < 4.78 is 29.3. The zero-order valence-electron chi connectivity index (χ0n) is 19.9. The SMILES string of the molecule is CCOC(=O)CN(Cc1cccc(OCCc2ccc(CC)cn2)c1)C(=O)Oc1ccc(F)cc1. The van der Waals surface area contributed by atoms with Gasteiger partial charge in [-0.05, 0) is 66.9 Å². The van der Waals surface area contributed by atoms with Crippen LogP contribution in [0.5, 0.6) is 11.5 Å². The first-order valence-corrected chi connectivity index (χ1v) is 11.5. The Morgan fingerprint density at radius 1 is 0.971 bits per heavy atom. The third-order valence-electron chi connectivity index (χ3n) is 5.10. The summed E-state index contributed by atoms with van der Waals surface area (Å²) in [5.74, 6) is -0.199. The highest BCUT2D eigenvalue weighted by Crippen LogP contribution is 2.18. The molecule has 0 aliphatic rings. The molecule has 0 spiro atoms. The normalized spacial score (nSPS) is 10.5. The number of hydrogen-bond acceptors (Lipinski definition) is 6. The van der Waals surface area contributed by atoms with Crippen LogP contribution in [0.4, 0.5) is 9.18 Å². The van der Waals surface area contributed by atoms with E-state index in [4.69, 9.17) is 14.2 Å². The van der Waals surface area contributed by atoms with E-state index in [9.17, 15) is 14.0 Å². The van der Waals surface area contributed by atoms with Gasteiger partial charge in [-0.15, -0.1) is 0 Å². The number of hydrogen-bond donors (Lipinski definition) is 0. The molecule has 1 heterocycles. The van der Waals surface area contributed by atoms with Gasteiger partial charge in [0.15, 0.2) is 0 Å². The number of nitrogens with zero attached hydrogens (tertiary/aromatic N) is 2. The summed E-state index contributed by atoms with van der Waals surface area (Å²) in [4.78, 5) is 30.5. The molecule has 0 bridgehead atoms. The first kappa shape index (κ1) is 25.7. The van der Waals surface area contributed by atoms with E-state index in [2.05, 4.69) is 18.0 Å². The third-order valence-corrected chi connectivity index (χ3v) is 5.10. The predicted octanol–water partition coefficient (Wildman–Crippen LogP) is 4.97. The van der Waals surface area contributed by atoms with Gasteiger partial charge in [0.05, 0.1) is 13.2 Å². The van der Waals surface area contributed by atoms with Crippen molar-refractivity contribution in [2.45, 2.75) is 33.2 Å². The highest BCUT2D eigenvalue weighted by molar-refractivity contribution is 5.79. The van der Waals surface area contributed by atoms with Crippen LogP contribution in [0.1, 0.15) is 30.7 Å². The van der Waals surface area contributed by atoms with E-state index in [1.165, 1.54) is 34.7 Å². The summed E-state index contributed by atoms with van der Waals surface area (Å²) in [6, 6.07) is 16.4. The molecule has 7 nitrogen and oxygen atoms in total. The maximum absolute atomic E-state index is 13.2. The second-order valence-corrected chi connectivity index (χ2v) is 7.74. The van der Waals surface area contributed by atoms with Crippen molar-refractivity contribution < 1.29 is 28.2 Å². The van der Waals surface area contributed by atoms with Crippen molar-refractivity contribution in [1.29, 1.82) is 0 Å². The van der Waals surface area contributed by atoms with Crippen molar-refractivity contribution in [3.63, 3.8) is 0 Å². The van der Waals surface area contributed by atoms with Crippen LogP contribution >= 0.6 is 0 Å². The molecular weight excluding hydrogens is 451 g/mol. The van der Waals surface area contributed by atoms with Crippen LogP contribution in [-0.2, 0) is 28.9 Å². The molecule has 0 saturated heterocycles. The molecule has 1 aromatic heterocycles. The molecular formula is C27H29FN2O5. The molecule has 0 aliphatic heterocycles. The van der Waals surface area contributed by atoms with Crippen LogP contribution in [0.3, 0.4) is 0 Å². The van der Waals surface area contributed by atoms with Gasteiger partial charge in [-0.3, -0.25) is 14.7 Å². The Balaban J connectivity index is 1.63. The Morgan fingerprint density at radius 2 is 1.77 bits per heavy atom. The molecule has 0 atom stereocenters. The van der Waals surface area contributed by atoms with Crippen molar-refractivity contribution >= 4 is 12.1 Å². The Hall–Kier alpha value is -3.94. The van der Waals surface area contributed by atoms with E-state index in [0.717, 1.165) is 17.7 Å². The Morgan fingerprint density at radius 3 is 2.46 bits per heavy atom. The number of aromatic nitrogens is 1. The number of pyridine rings is 1. The molecule has 0 unspecified atom stereocenters. The number of aryl methyl sites for hydroxylation is 1. The highest BCUT2D eigenvalue weighted by Gasteiger charge is 2.21. The van der Waals surface area contributed by atoms with E-state index < -0.39 is 17.9 Å². The largest absolute Gasteiger partial charge is 0.493 e. The Bertz CT molecular complexity index is 1100. The number of esters is 1. The Kier molecular flexibility index (Phi) is 9.59. The summed E-state index contributed by atoms with van der Waals surface area (Å²) in [5.41, 5.74) is 2.88. The van der Waals surface area contributed by atoms with Crippen LogP contribution in [0.2, 0.25) is 0 Å². The molecule has 2 aromatic carbocycles. The average Bonchev–Trinajstić information content (AvgIpc) is 2.86. The highest BCUT2D eigenvalue weighted by atomic mass is 19.1. The summed E-state index contributed by atoms with van der Waals surface area (Å²) in [5, 5.41) is 0. The zero-order chi connectivity index (χ0) is 25.0. The number of carbonyl (C=O) groups is 2. The number of benzene rings is 2. The molecule has 1 amide bonds. The molecule has 35 heavy (non-hydrogen) atoms. The monoisotopic (exact) mass is 480 g/mol. The molecule has 0 radical (unpaired) electrons. The standard InChI is InChI=1S/C27H29FN2O5/c1-3-20-8-11-23(29-17-20)14-15-34-25-7-5-6-21(16-25)18-30(19-26(31)33-4-2)27(32)35-24-12-9-22(28)10-13-24/h5-13,16-17H,3-4,14-15,18-19H2,1-2H3. The fourth-order valence-electron chi connectivity index (χ4n) is 3.26. The smallest absolute Gasteiger partial charge is 0.416 e. The van der Waals surface area contributed by atoms with E-state index in [0.29, 0.717) is 18.8 Å². The summed E-state index contributed by atoms with van der Waals surface area (Å²) >= 11 is 0. The number of carbonyl (C=O) groups excluding carboxylic acids is 2. The quantitative estimate of drug-likeness (QED) is 0.361. The lowest BCUT2D eigenvalue weighted by Gasteiger charge is -2.21. The van der Waals surface area contributed by atoms with Crippen LogP contribution in [0.25, 0.3) is 0 Å². The molecule has 0 saturated carbocycles. The number of rotatable bonds is 11. The van der Waals surface area contributed by atoms with Crippen molar-refractivity contribution in [3.05, 3.63) is 89.5 Å². The van der Waals surface area contributed by atoms with E-state index in [1.807, 2.05) is 30.5 Å². The maximum Gasteiger partial charge on any atom is 0.416 e. The molecule has 0 N–H and O–H groups in total. The third kappa shape index (κ3) is 8.41. The number of ether oxygens (including phenoxy) is 3. The minimum atomic E-state index is -0.752. The first-order chi connectivity index (χ1) is 17.0. The van der Waals surface area contributed by atoms with Crippen molar-refractivity contribution in [2.24, 2.45) is 0 Å². The summed E-state index contributed by atoms with van der Waals surface area (Å²) in [6.07, 6.45) is 2.73. The van der Waals surface area contributed by atoms with Gasteiger partial charge in [-0.1, -0.05) is 25.1 Å². The maximum atomic E-state index is 13.2. The lowest BCUT2D eigenvalue weighted by atomic mass is 10.2. The summed E-state index contributed by atoms with van der Waals surface area (Å²) in [6.45, 7) is 4.21. The van der Waals surface area contributed by atoms with Gasteiger partial charge in [-0.2, -0.15) is 0 Å². The van der Waals surface area contributed by atoms with Crippen molar-refractivity contribution in [2.75, 3.05) is 19.8 Å². The van der Waals surface area contributed by atoms with Gasteiger partial charge in [0.2, 0.25) is 0 Å². The van der Waals surface area contributed by atoms with Gasteiger partial charge in [0.25, 0.3) is 0 Å². The average molecular weight is 481 g/mol. The lowest BCUT2D eigenvalue weighted by molar-refractivity contribution is -0.144. The second kappa shape index (κ2) is 13.1. The van der Waals surface area contributed by atoms with Gasteiger partial charge in [0, 0.05) is 24.9 Å². The second-order valence-electron chi connectivity index (χ2n) is 7.74. The fourth-order valence-corrected chi connectivity index (χ4v) is 3.26. The van der Waals surface area contributed by atoms with Crippen LogP contribution in [-0.4, -0.2) is 41.7 Å². The molecule has 184 valence electrons.